The standard InChI is InChI=1S/C16H17ClN4O/c1-10(11-6-2-4-8-13(11)17)18-21-16(22)15-12-7-3-5-9-14(12)19-20-15/h2,4,6,8H,3,5,7,9H2,1H3,(H,19,20)(H,21,22)/b18-10-. The van der Waals surface area contributed by atoms with Crippen molar-refractivity contribution >= 4 is 23.2 Å². The minimum absolute atomic E-state index is 0.286. The summed E-state index contributed by atoms with van der Waals surface area (Å²) in [4.78, 5) is 12.3. The molecule has 1 aromatic carbocycles. The first-order chi connectivity index (χ1) is 10.7. The summed E-state index contributed by atoms with van der Waals surface area (Å²) in [7, 11) is 0. The number of hydrogen-bond acceptors (Lipinski definition) is 3. The number of aromatic amines is 1. The number of aryl methyl sites for hydroxylation is 1. The van der Waals surface area contributed by atoms with E-state index in [2.05, 4.69) is 20.7 Å². The minimum Gasteiger partial charge on any atom is -0.281 e. The Bertz CT molecular complexity index is 735. The number of hydrazone groups is 1. The first kappa shape index (κ1) is 14.8. The number of benzene rings is 1. The second kappa shape index (κ2) is 6.32. The zero-order chi connectivity index (χ0) is 15.5. The molecule has 2 N–H and O–H groups in total. The van der Waals surface area contributed by atoms with Crippen molar-refractivity contribution < 1.29 is 4.79 Å². The van der Waals surface area contributed by atoms with E-state index in [1.807, 2.05) is 25.1 Å². The Morgan fingerprint density at radius 1 is 1.32 bits per heavy atom. The van der Waals surface area contributed by atoms with Crippen LogP contribution in [0.4, 0.5) is 0 Å². The summed E-state index contributed by atoms with van der Waals surface area (Å²) in [6, 6.07) is 7.39. The summed E-state index contributed by atoms with van der Waals surface area (Å²) in [5, 5.41) is 11.8. The predicted octanol–water partition coefficient (Wildman–Crippen LogP) is 3.10. The van der Waals surface area contributed by atoms with Crippen LogP contribution >= 0.6 is 11.6 Å². The molecule has 5 nitrogen and oxygen atoms in total. The second-order valence-corrected chi connectivity index (χ2v) is 5.76. The third-order valence-corrected chi connectivity index (χ3v) is 4.19. The van der Waals surface area contributed by atoms with Gasteiger partial charge in [0.1, 0.15) is 0 Å². The van der Waals surface area contributed by atoms with Gasteiger partial charge in [-0.3, -0.25) is 9.89 Å². The molecule has 1 aliphatic carbocycles. The number of carbonyl (C=O) groups is 1. The lowest BCUT2D eigenvalue weighted by molar-refractivity contribution is 0.0949. The minimum atomic E-state index is -0.286. The Labute approximate surface area is 133 Å². The molecule has 1 amide bonds. The van der Waals surface area contributed by atoms with Crippen molar-refractivity contribution in [2.75, 3.05) is 0 Å². The van der Waals surface area contributed by atoms with Crippen molar-refractivity contribution in [2.45, 2.75) is 32.6 Å². The topological polar surface area (TPSA) is 70.1 Å². The van der Waals surface area contributed by atoms with Gasteiger partial charge in [-0.05, 0) is 38.7 Å². The van der Waals surface area contributed by atoms with Gasteiger partial charge in [-0.25, -0.2) is 5.43 Å². The maximum absolute atomic E-state index is 12.3. The molecule has 0 aliphatic heterocycles. The van der Waals surface area contributed by atoms with E-state index >= 15 is 0 Å². The molecular weight excluding hydrogens is 300 g/mol. The highest BCUT2D eigenvalue weighted by molar-refractivity contribution is 6.34. The molecule has 0 radical (unpaired) electrons. The highest BCUT2D eigenvalue weighted by atomic mass is 35.5. The molecular formula is C16H17ClN4O. The van der Waals surface area contributed by atoms with Gasteiger partial charge in [0.15, 0.2) is 5.69 Å². The Hall–Kier alpha value is -2.14. The molecule has 6 heteroatoms. The quantitative estimate of drug-likeness (QED) is 0.674. The Kier molecular flexibility index (Phi) is 4.24. The molecule has 0 bridgehead atoms. The van der Waals surface area contributed by atoms with Crippen molar-refractivity contribution in [3.8, 4) is 0 Å². The molecule has 0 spiro atoms. The second-order valence-electron chi connectivity index (χ2n) is 5.35. The smallest absolute Gasteiger partial charge is 0.281 e. The van der Waals surface area contributed by atoms with Gasteiger partial charge in [0.05, 0.1) is 5.71 Å². The third-order valence-electron chi connectivity index (χ3n) is 3.86. The van der Waals surface area contributed by atoms with E-state index < -0.39 is 0 Å². The lowest BCUT2D eigenvalue weighted by Crippen LogP contribution is -2.21. The zero-order valence-corrected chi connectivity index (χ0v) is 13.1. The number of halogens is 1. The lowest BCUT2D eigenvalue weighted by Gasteiger charge is -2.10. The number of rotatable bonds is 3. The summed E-state index contributed by atoms with van der Waals surface area (Å²) >= 11 is 6.12. The predicted molar refractivity (Wildman–Crippen MR) is 86.4 cm³/mol. The Balaban J connectivity index is 1.76. The van der Waals surface area contributed by atoms with Crippen LogP contribution in [0, 0.1) is 0 Å². The summed E-state index contributed by atoms with van der Waals surface area (Å²) in [6.07, 6.45) is 4.08. The van der Waals surface area contributed by atoms with Crippen molar-refractivity contribution in [2.24, 2.45) is 5.10 Å². The SMILES string of the molecule is C/C(=N/NC(=O)c1n[nH]c2c1CCCC2)c1ccccc1Cl. The fourth-order valence-corrected chi connectivity index (χ4v) is 2.94. The normalized spacial score (nSPS) is 14.5. The third kappa shape index (κ3) is 2.90. The van der Waals surface area contributed by atoms with Crippen molar-refractivity contribution in [3.05, 3.63) is 51.8 Å². The number of amides is 1. The highest BCUT2D eigenvalue weighted by Gasteiger charge is 2.21. The molecule has 0 saturated carbocycles. The summed E-state index contributed by atoms with van der Waals surface area (Å²) in [6.45, 7) is 1.81. The Morgan fingerprint density at radius 3 is 2.91 bits per heavy atom. The largest absolute Gasteiger partial charge is 0.292 e. The average molecular weight is 317 g/mol. The van der Waals surface area contributed by atoms with Crippen LogP contribution in [0.5, 0.6) is 0 Å². The maximum Gasteiger partial charge on any atom is 0.292 e. The van der Waals surface area contributed by atoms with Crippen LogP contribution in [0.1, 0.15) is 47.1 Å². The van der Waals surface area contributed by atoms with E-state index in [0.29, 0.717) is 16.4 Å². The summed E-state index contributed by atoms with van der Waals surface area (Å²) < 4.78 is 0. The van der Waals surface area contributed by atoms with Crippen LogP contribution in [-0.2, 0) is 12.8 Å². The molecule has 1 aromatic heterocycles. The van der Waals surface area contributed by atoms with E-state index in [0.717, 1.165) is 42.5 Å². The maximum atomic E-state index is 12.3. The molecule has 0 saturated heterocycles. The molecule has 2 aromatic rings. The molecule has 0 unspecified atom stereocenters. The van der Waals surface area contributed by atoms with Crippen LogP contribution in [0.25, 0.3) is 0 Å². The fraction of sp³-hybridized carbons (Fsp3) is 0.312. The average Bonchev–Trinajstić information content (AvgIpc) is 2.97. The number of aromatic nitrogens is 2. The van der Waals surface area contributed by atoms with E-state index in [1.54, 1.807) is 6.07 Å². The van der Waals surface area contributed by atoms with Crippen LogP contribution in [0.15, 0.2) is 29.4 Å². The lowest BCUT2D eigenvalue weighted by atomic mass is 9.96. The van der Waals surface area contributed by atoms with Gasteiger partial charge >= 0.3 is 0 Å². The molecule has 0 atom stereocenters. The highest BCUT2D eigenvalue weighted by Crippen LogP contribution is 2.22. The molecule has 1 heterocycles. The van der Waals surface area contributed by atoms with Crippen molar-refractivity contribution in [1.29, 1.82) is 0 Å². The van der Waals surface area contributed by atoms with E-state index in [1.165, 1.54) is 0 Å². The number of nitrogens with zero attached hydrogens (tertiary/aromatic N) is 2. The van der Waals surface area contributed by atoms with Crippen LogP contribution in [0.3, 0.4) is 0 Å². The number of carbonyl (C=O) groups excluding carboxylic acids is 1. The van der Waals surface area contributed by atoms with Gasteiger partial charge in [0.25, 0.3) is 5.91 Å². The number of H-pyrrole nitrogens is 1. The van der Waals surface area contributed by atoms with Crippen LogP contribution in [0.2, 0.25) is 5.02 Å². The molecule has 1 aliphatic rings. The Morgan fingerprint density at radius 2 is 2.09 bits per heavy atom. The summed E-state index contributed by atoms with van der Waals surface area (Å²) in [5.74, 6) is -0.286. The van der Waals surface area contributed by atoms with Gasteiger partial charge in [0, 0.05) is 21.8 Å². The van der Waals surface area contributed by atoms with Crippen molar-refractivity contribution in [3.63, 3.8) is 0 Å². The number of fused-ring (bicyclic) bond motifs is 1. The van der Waals surface area contributed by atoms with E-state index in [4.69, 9.17) is 11.6 Å². The molecule has 114 valence electrons. The van der Waals surface area contributed by atoms with Gasteiger partial charge < -0.3 is 0 Å². The first-order valence-electron chi connectivity index (χ1n) is 7.32. The summed E-state index contributed by atoms with van der Waals surface area (Å²) in [5.41, 5.74) is 6.57. The van der Waals surface area contributed by atoms with Gasteiger partial charge in [-0.1, -0.05) is 29.8 Å². The van der Waals surface area contributed by atoms with Crippen LogP contribution < -0.4 is 5.43 Å². The molecule has 0 fully saturated rings. The molecule has 22 heavy (non-hydrogen) atoms. The van der Waals surface area contributed by atoms with Gasteiger partial charge in [-0.15, -0.1) is 0 Å². The monoisotopic (exact) mass is 316 g/mol. The van der Waals surface area contributed by atoms with E-state index in [9.17, 15) is 4.79 Å². The first-order valence-corrected chi connectivity index (χ1v) is 7.70. The van der Waals surface area contributed by atoms with Crippen LogP contribution in [-0.4, -0.2) is 21.8 Å². The number of nitrogens with one attached hydrogen (secondary N) is 2. The van der Waals surface area contributed by atoms with Gasteiger partial charge in [0.2, 0.25) is 0 Å². The van der Waals surface area contributed by atoms with Gasteiger partial charge in [-0.2, -0.15) is 10.2 Å². The van der Waals surface area contributed by atoms with Crippen molar-refractivity contribution in [1.82, 2.24) is 15.6 Å². The number of hydrogen-bond donors (Lipinski definition) is 2. The molecule has 3 rings (SSSR count). The van der Waals surface area contributed by atoms with E-state index in [-0.39, 0.29) is 5.91 Å². The fourth-order valence-electron chi connectivity index (χ4n) is 2.67. The zero-order valence-electron chi connectivity index (χ0n) is 12.3.